The Bertz CT molecular complexity index is 662. The van der Waals surface area contributed by atoms with Gasteiger partial charge in [-0.05, 0) is 17.0 Å². The Morgan fingerprint density at radius 3 is 2.38 bits per heavy atom. The second kappa shape index (κ2) is 6.69. The van der Waals surface area contributed by atoms with E-state index in [4.69, 9.17) is 4.55 Å². The standard InChI is InChI=1S/C15H19NO4S/c1-5-12-8-6-7-9-13(12)11(4)14(17)16-15(10(2)3)21(18,19)20/h5-10,15H,1,4H2,2-3H3,(H,16,17)(H,18,19,20). The van der Waals surface area contributed by atoms with Crippen molar-refractivity contribution in [3.63, 3.8) is 0 Å². The lowest BCUT2D eigenvalue weighted by molar-refractivity contribution is -0.116. The third kappa shape index (κ3) is 4.27. The van der Waals surface area contributed by atoms with Crippen LogP contribution in [0.2, 0.25) is 0 Å². The van der Waals surface area contributed by atoms with E-state index in [-0.39, 0.29) is 5.57 Å². The Morgan fingerprint density at radius 2 is 1.90 bits per heavy atom. The molecule has 1 aromatic carbocycles. The van der Waals surface area contributed by atoms with Crippen molar-refractivity contribution in [3.05, 3.63) is 48.6 Å². The van der Waals surface area contributed by atoms with Gasteiger partial charge in [0.15, 0.2) is 5.37 Å². The minimum Gasteiger partial charge on any atom is -0.333 e. The summed E-state index contributed by atoms with van der Waals surface area (Å²) in [5.41, 5.74) is 1.38. The molecule has 0 aliphatic rings. The van der Waals surface area contributed by atoms with Crippen molar-refractivity contribution in [2.24, 2.45) is 5.92 Å². The summed E-state index contributed by atoms with van der Waals surface area (Å²) in [4.78, 5) is 12.2. The maximum atomic E-state index is 12.2. The Hall–Kier alpha value is -1.92. The minimum atomic E-state index is -4.38. The second-order valence-corrected chi connectivity index (χ2v) is 6.46. The molecule has 0 bridgehead atoms. The molecule has 1 atom stereocenters. The van der Waals surface area contributed by atoms with E-state index in [0.29, 0.717) is 11.1 Å². The van der Waals surface area contributed by atoms with Crippen LogP contribution in [0.15, 0.2) is 37.4 Å². The number of hydrogen-bond donors (Lipinski definition) is 2. The molecule has 0 fully saturated rings. The van der Waals surface area contributed by atoms with E-state index in [1.807, 2.05) is 0 Å². The maximum Gasteiger partial charge on any atom is 0.286 e. The Balaban J connectivity index is 3.03. The molecule has 1 rings (SSSR count). The summed E-state index contributed by atoms with van der Waals surface area (Å²) in [6.45, 7) is 10.5. The Labute approximate surface area is 125 Å². The number of carbonyl (C=O) groups excluding carboxylic acids is 1. The van der Waals surface area contributed by atoms with Crippen LogP contribution < -0.4 is 5.32 Å². The van der Waals surface area contributed by atoms with Crippen molar-refractivity contribution in [1.29, 1.82) is 0 Å². The van der Waals surface area contributed by atoms with E-state index in [1.165, 1.54) is 0 Å². The average Bonchev–Trinajstić information content (AvgIpc) is 2.41. The first-order valence-corrected chi connectivity index (χ1v) is 7.86. The van der Waals surface area contributed by atoms with Crippen molar-refractivity contribution >= 4 is 27.7 Å². The molecule has 1 aromatic rings. The molecule has 5 nitrogen and oxygen atoms in total. The smallest absolute Gasteiger partial charge is 0.286 e. The molecular weight excluding hydrogens is 290 g/mol. The highest BCUT2D eigenvalue weighted by molar-refractivity contribution is 7.86. The molecule has 6 heteroatoms. The summed E-state index contributed by atoms with van der Waals surface area (Å²) in [6, 6.07) is 6.99. The zero-order chi connectivity index (χ0) is 16.2. The zero-order valence-corrected chi connectivity index (χ0v) is 12.9. The molecule has 0 aliphatic heterocycles. The van der Waals surface area contributed by atoms with Gasteiger partial charge in [-0.25, -0.2) is 0 Å². The lowest BCUT2D eigenvalue weighted by atomic mass is 10.0. The van der Waals surface area contributed by atoms with Gasteiger partial charge in [0.25, 0.3) is 16.0 Å². The van der Waals surface area contributed by atoms with Gasteiger partial charge < -0.3 is 5.32 Å². The second-order valence-electron chi connectivity index (χ2n) is 4.92. The fraction of sp³-hybridized carbons (Fsp3) is 0.267. The molecule has 1 amide bonds. The molecule has 21 heavy (non-hydrogen) atoms. The molecule has 0 heterocycles. The van der Waals surface area contributed by atoms with Crippen LogP contribution in [0.25, 0.3) is 11.6 Å². The third-order valence-corrected chi connectivity index (χ3v) is 4.28. The molecule has 114 valence electrons. The quantitative estimate of drug-likeness (QED) is 0.624. The van der Waals surface area contributed by atoms with E-state index in [1.54, 1.807) is 44.2 Å². The number of carbonyl (C=O) groups is 1. The first-order chi connectivity index (χ1) is 9.68. The number of rotatable bonds is 6. The van der Waals surface area contributed by atoms with E-state index in [9.17, 15) is 13.2 Å². The van der Waals surface area contributed by atoms with Crippen LogP contribution in [0.1, 0.15) is 25.0 Å². The highest BCUT2D eigenvalue weighted by Crippen LogP contribution is 2.20. The van der Waals surface area contributed by atoms with E-state index >= 15 is 0 Å². The highest BCUT2D eigenvalue weighted by atomic mass is 32.2. The number of hydrogen-bond acceptors (Lipinski definition) is 3. The number of benzene rings is 1. The fourth-order valence-corrected chi connectivity index (χ4v) is 2.82. The lowest BCUT2D eigenvalue weighted by Crippen LogP contribution is -2.44. The Kier molecular flexibility index (Phi) is 5.46. The van der Waals surface area contributed by atoms with Crippen molar-refractivity contribution in [3.8, 4) is 0 Å². The third-order valence-electron chi connectivity index (χ3n) is 2.98. The number of amides is 1. The monoisotopic (exact) mass is 309 g/mol. The van der Waals surface area contributed by atoms with Gasteiger partial charge in [-0.2, -0.15) is 8.42 Å². The van der Waals surface area contributed by atoms with Crippen molar-refractivity contribution in [1.82, 2.24) is 5.32 Å². The first-order valence-electron chi connectivity index (χ1n) is 6.36. The van der Waals surface area contributed by atoms with Crippen LogP contribution >= 0.6 is 0 Å². The van der Waals surface area contributed by atoms with Crippen LogP contribution in [-0.2, 0) is 14.9 Å². The van der Waals surface area contributed by atoms with Gasteiger partial charge >= 0.3 is 0 Å². The average molecular weight is 309 g/mol. The molecule has 0 aliphatic carbocycles. The lowest BCUT2D eigenvalue weighted by Gasteiger charge is -2.20. The topological polar surface area (TPSA) is 83.5 Å². The van der Waals surface area contributed by atoms with Gasteiger partial charge in [-0.1, -0.05) is 57.3 Å². The van der Waals surface area contributed by atoms with E-state index in [0.717, 1.165) is 0 Å². The van der Waals surface area contributed by atoms with Crippen molar-refractivity contribution in [2.45, 2.75) is 19.2 Å². The fourth-order valence-electron chi connectivity index (χ4n) is 1.87. The molecule has 0 aromatic heterocycles. The van der Waals surface area contributed by atoms with Gasteiger partial charge in [0.2, 0.25) is 0 Å². The van der Waals surface area contributed by atoms with E-state index < -0.39 is 27.3 Å². The minimum absolute atomic E-state index is 0.111. The summed E-state index contributed by atoms with van der Waals surface area (Å²) < 4.78 is 31.7. The maximum absolute atomic E-state index is 12.2. The van der Waals surface area contributed by atoms with Gasteiger partial charge in [-0.3, -0.25) is 9.35 Å². The van der Waals surface area contributed by atoms with Crippen LogP contribution in [-0.4, -0.2) is 24.3 Å². The zero-order valence-electron chi connectivity index (χ0n) is 12.0. The predicted octanol–water partition coefficient (Wildman–Crippen LogP) is 2.33. The SMILES string of the molecule is C=Cc1ccccc1C(=C)C(=O)NC(C(C)C)S(=O)(=O)O. The normalized spacial score (nSPS) is 12.8. The van der Waals surface area contributed by atoms with Gasteiger partial charge in [0, 0.05) is 5.57 Å². The van der Waals surface area contributed by atoms with Gasteiger partial charge in [0.05, 0.1) is 0 Å². The summed E-state index contributed by atoms with van der Waals surface area (Å²) in [5, 5.41) is 0.918. The van der Waals surface area contributed by atoms with Crippen molar-refractivity contribution in [2.75, 3.05) is 0 Å². The van der Waals surface area contributed by atoms with Crippen LogP contribution in [0.4, 0.5) is 0 Å². The number of nitrogens with one attached hydrogen (secondary N) is 1. The largest absolute Gasteiger partial charge is 0.333 e. The molecule has 0 saturated heterocycles. The summed E-state index contributed by atoms with van der Waals surface area (Å²) in [5.74, 6) is -1.13. The summed E-state index contributed by atoms with van der Waals surface area (Å²) >= 11 is 0. The summed E-state index contributed by atoms with van der Waals surface area (Å²) in [6.07, 6.45) is 1.58. The first kappa shape index (κ1) is 17.1. The molecule has 2 N–H and O–H groups in total. The summed E-state index contributed by atoms with van der Waals surface area (Å²) in [7, 11) is -4.38. The molecule has 0 radical (unpaired) electrons. The predicted molar refractivity (Wildman–Crippen MR) is 83.9 cm³/mol. The molecule has 0 saturated carbocycles. The highest BCUT2D eigenvalue weighted by Gasteiger charge is 2.29. The van der Waals surface area contributed by atoms with Crippen LogP contribution in [0.5, 0.6) is 0 Å². The van der Waals surface area contributed by atoms with Gasteiger partial charge in [0.1, 0.15) is 0 Å². The molecular formula is C15H19NO4S. The van der Waals surface area contributed by atoms with Gasteiger partial charge in [-0.15, -0.1) is 0 Å². The molecule has 1 unspecified atom stereocenters. The molecule has 0 spiro atoms. The van der Waals surface area contributed by atoms with E-state index in [2.05, 4.69) is 18.5 Å². The van der Waals surface area contributed by atoms with Crippen LogP contribution in [0, 0.1) is 5.92 Å². The van der Waals surface area contributed by atoms with Crippen molar-refractivity contribution < 1.29 is 17.8 Å². The van der Waals surface area contributed by atoms with Crippen LogP contribution in [0.3, 0.4) is 0 Å². The Morgan fingerprint density at radius 1 is 1.33 bits per heavy atom.